The number of benzene rings is 1. The second kappa shape index (κ2) is 11.7. The molecule has 0 radical (unpaired) electrons. The first kappa shape index (κ1) is 23.1. The average Bonchev–Trinajstić information content (AvgIpc) is 3.00. The third-order valence-electron chi connectivity index (χ3n) is 3.62. The van der Waals surface area contributed by atoms with Gasteiger partial charge in [-0.05, 0) is 37.1 Å². The van der Waals surface area contributed by atoms with Gasteiger partial charge >= 0.3 is 6.61 Å². The van der Waals surface area contributed by atoms with E-state index in [1.165, 1.54) is 0 Å². The van der Waals surface area contributed by atoms with E-state index < -0.39 is 6.61 Å². The van der Waals surface area contributed by atoms with Crippen molar-refractivity contribution in [2.75, 3.05) is 20.1 Å². The van der Waals surface area contributed by atoms with E-state index in [1.807, 2.05) is 42.9 Å². The fourth-order valence-corrected chi connectivity index (χ4v) is 2.44. The summed E-state index contributed by atoms with van der Waals surface area (Å²) in [6.45, 7) is 3.87. The van der Waals surface area contributed by atoms with Crippen LogP contribution in [0.2, 0.25) is 0 Å². The molecule has 2 aromatic rings. The van der Waals surface area contributed by atoms with Crippen LogP contribution in [0.4, 0.5) is 8.78 Å². The summed E-state index contributed by atoms with van der Waals surface area (Å²) in [5.41, 5.74) is 2.10. The lowest BCUT2D eigenvalue weighted by atomic mass is 10.2. The van der Waals surface area contributed by atoms with E-state index in [2.05, 4.69) is 20.1 Å². The molecule has 0 atom stereocenters. The Labute approximate surface area is 175 Å². The first-order valence-electron chi connectivity index (χ1n) is 8.50. The molecule has 150 valence electrons. The Morgan fingerprint density at radius 2 is 2.04 bits per heavy atom. The molecular formula is C18H26F2IN5O. The number of nitrogens with one attached hydrogen (secondary N) is 1. The molecule has 0 aliphatic rings. The molecule has 0 spiro atoms. The number of ether oxygens (including phenoxy) is 1. The van der Waals surface area contributed by atoms with Gasteiger partial charge in [0.2, 0.25) is 0 Å². The summed E-state index contributed by atoms with van der Waals surface area (Å²) in [5.74, 6) is 0.936. The first-order valence-corrected chi connectivity index (χ1v) is 8.50. The molecule has 6 nitrogen and oxygen atoms in total. The molecule has 0 unspecified atom stereocenters. The second-order valence-corrected chi connectivity index (χ2v) is 5.89. The van der Waals surface area contributed by atoms with Crippen LogP contribution in [0.1, 0.15) is 18.1 Å². The van der Waals surface area contributed by atoms with E-state index in [9.17, 15) is 8.78 Å². The summed E-state index contributed by atoms with van der Waals surface area (Å²) < 4.78 is 30.6. The van der Waals surface area contributed by atoms with Crippen molar-refractivity contribution in [3.63, 3.8) is 0 Å². The van der Waals surface area contributed by atoms with Gasteiger partial charge < -0.3 is 15.0 Å². The molecule has 0 bridgehead atoms. The number of aryl methyl sites for hydroxylation is 1. The zero-order valence-corrected chi connectivity index (χ0v) is 18.1. The molecule has 0 aliphatic heterocycles. The minimum absolute atomic E-state index is 0. The molecule has 27 heavy (non-hydrogen) atoms. The first-order chi connectivity index (χ1) is 12.5. The standard InChI is InChI=1S/C18H25F2N5O.HI/c1-4-21-18(22-9-10-25-12-14(2)11-23-25)24(3)13-15-5-7-16(8-6-15)26-17(19)20;/h5-8,11-12,17H,4,9-10,13H2,1-3H3,(H,21,22);1H. The number of hydrogen-bond acceptors (Lipinski definition) is 3. The molecule has 1 aromatic heterocycles. The van der Waals surface area contributed by atoms with Gasteiger partial charge in [-0.15, -0.1) is 24.0 Å². The maximum Gasteiger partial charge on any atom is 0.387 e. The highest BCUT2D eigenvalue weighted by Gasteiger charge is 2.08. The van der Waals surface area contributed by atoms with E-state index in [4.69, 9.17) is 0 Å². The summed E-state index contributed by atoms with van der Waals surface area (Å²) >= 11 is 0. The Hall–Kier alpha value is -1.91. The van der Waals surface area contributed by atoms with Crippen LogP contribution in [0, 0.1) is 6.92 Å². The van der Waals surface area contributed by atoms with E-state index in [-0.39, 0.29) is 29.7 Å². The van der Waals surface area contributed by atoms with Gasteiger partial charge in [-0.3, -0.25) is 9.67 Å². The van der Waals surface area contributed by atoms with E-state index >= 15 is 0 Å². The highest BCUT2D eigenvalue weighted by molar-refractivity contribution is 14.0. The summed E-state index contributed by atoms with van der Waals surface area (Å²) in [5, 5.41) is 7.50. The molecule has 1 heterocycles. The molecule has 1 aromatic carbocycles. The topological polar surface area (TPSA) is 54.7 Å². The zero-order chi connectivity index (χ0) is 18.9. The third-order valence-corrected chi connectivity index (χ3v) is 3.62. The smallest absolute Gasteiger partial charge is 0.387 e. The van der Waals surface area contributed by atoms with Gasteiger partial charge in [0.05, 0.1) is 19.3 Å². The quantitative estimate of drug-likeness (QED) is 0.348. The van der Waals surface area contributed by atoms with Crippen molar-refractivity contribution < 1.29 is 13.5 Å². The van der Waals surface area contributed by atoms with E-state index in [0.29, 0.717) is 19.6 Å². The fraction of sp³-hybridized carbons (Fsp3) is 0.444. The van der Waals surface area contributed by atoms with Crippen molar-refractivity contribution in [1.29, 1.82) is 0 Å². The van der Waals surface area contributed by atoms with Gasteiger partial charge in [-0.25, -0.2) is 0 Å². The summed E-state index contributed by atoms with van der Waals surface area (Å²) in [6, 6.07) is 6.62. The molecule has 2 rings (SSSR count). The number of hydrogen-bond donors (Lipinski definition) is 1. The van der Waals surface area contributed by atoms with Crippen LogP contribution in [0.5, 0.6) is 5.75 Å². The predicted molar refractivity (Wildman–Crippen MR) is 113 cm³/mol. The summed E-state index contributed by atoms with van der Waals surface area (Å²) in [7, 11) is 1.93. The van der Waals surface area contributed by atoms with Gasteiger partial charge in [-0.2, -0.15) is 13.9 Å². The maximum absolute atomic E-state index is 12.2. The molecule has 0 saturated carbocycles. The van der Waals surface area contributed by atoms with Crippen LogP contribution in [-0.4, -0.2) is 47.4 Å². The van der Waals surface area contributed by atoms with Gasteiger partial charge in [0.25, 0.3) is 0 Å². The minimum Gasteiger partial charge on any atom is -0.435 e. The van der Waals surface area contributed by atoms with Crippen molar-refractivity contribution >= 4 is 29.9 Å². The van der Waals surface area contributed by atoms with Crippen LogP contribution in [0.15, 0.2) is 41.7 Å². The number of alkyl halides is 2. The lowest BCUT2D eigenvalue weighted by molar-refractivity contribution is -0.0498. The monoisotopic (exact) mass is 493 g/mol. The maximum atomic E-state index is 12.2. The third kappa shape index (κ3) is 8.10. The lowest BCUT2D eigenvalue weighted by Crippen LogP contribution is -2.38. The van der Waals surface area contributed by atoms with Crippen molar-refractivity contribution in [3.8, 4) is 5.75 Å². The van der Waals surface area contributed by atoms with Crippen molar-refractivity contribution in [2.45, 2.75) is 33.5 Å². The van der Waals surface area contributed by atoms with E-state index in [0.717, 1.165) is 23.6 Å². The molecular weight excluding hydrogens is 467 g/mol. The van der Waals surface area contributed by atoms with Crippen molar-refractivity contribution in [3.05, 3.63) is 47.8 Å². The van der Waals surface area contributed by atoms with Gasteiger partial charge in [0.1, 0.15) is 5.75 Å². The number of aliphatic imine (C=N–C) groups is 1. The van der Waals surface area contributed by atoms with Crippen LogP contribution in [0.25, 0.3) is 0 Å². The molecule has 1 N–H and O–H groups in total. The van der Waals surface area contributed by atoms with Crippen LogP contribution in [0.3, 0.4) is 0 Å². The SMILES string of the molecule is CCNC(=NCCn1cc(C)cn1)N(C)Cc1ccc(OC(F)F)cc1.I. The van der Waals surface area contributed by atoms with Gasteiger partial charge in [0.15, 0.2) is 5.96 Å². The molecule has 0 amide bonds. The summed E-state index contributed by atoms with van der Waals surface area (Å²) in [4.78, 5) is 6.60. The Morgan fingerprint density at radius 1 is 1.33 bits per heavy atom. The second-order valence-electron chi connectivity index (χ2n) is 5.89. The summed E-state index contributed by atoms with van der Waals surface area (Å²) in [6.07, 6.45) is 3.80. The minimum atomic E-state index is -2.81. The highest BCUT2D eigenvalue weighted by atomic mass is 127. The Morgan fingerprint density at radius 3 is 2.59 bits per heavy atom. The Bertz CT molecular complexity index is 706. The number of rotatable bonds is 8. The molecule has 0 fully saturated rings. The predicted octanol–water partition coefficient (Wildman–Crippen LogP) is 3.51. The molecule has 9 heteroatoms. The number of aromatic nitrogens is 2. The Balaban J connectivity index is 0.00000364. The highest BCUT2D eigenvalue weighted by Crippen LogP contribution is 2.15. The van der Waals surface area contributed by atoms with Crippen LogP contribution < -0.4 is 10.1 Å². The normalized spacial score (nSPS) is 11.3. The largest absolute Gasteiger partial charge is 0.435 e. The average molecular weight is 493 g/mol. The van der Waals surface area contributed by atoms with E-state index in [1.54, 1.807) is 24.3 Å². The van der Waals surface area contributed by atoms with Crippen molar-refractivity contribution in [1.82, 2.24) is 20.0 Å². The molecule has 0 aliphatic carbocycles. The van der Waals surface area contributed by atoms with Crippen LogP contribution in [-0.2, 0) is 13.1 Å². The number of guanidine groups is 1. The fourth-order valence-electron chi connectivity index (χ4n) is 2.44. The number of nitrogens with zero attached hydrogens (tertiary/aromatic N) is 4. The zero-order valence-electron chi connectivity index (χ0n) is 15.7. The van der Waals surface area contributed by atoms with Gasteiger partial charge in [-0.1, -0.05) is 12.1 Å². The van der Waals surface area contributed by atoms with Crippen molar-refractivity contribution in [2.24, 2.45) is 4.99 Å². The van der Waals surface area contributed by atoms with Crippen LogP contribution >= 0.6 is 24.0 Å². The lowest BCUT2D eigenvalue weighted by Gasteiger charge is -2.22. The Kier molecular flexibility index (Phi) is 10.0. The number of halogens is 3. The van der Waals surface area contributed by atoms with Gasteiger partial charge in [0, 0.05) is 26.3 Å². The molecule has 0 saturated heterocycles.